The van der Waals surface area contributed by atoms with E-state index in [2.05, 4.69) is 4.74 Å². The van der Waals surface area contributed by atoms with Gasteiger partial charge in [0.25, 0.3) is 0 Å². The summed E-state index contributed by atoms with van der Waals surface area (Å²) in [4.78, 5) is 37.2. The van der Waals surface area contributed by atoms with Gasteiger partial charge in [-0.2, -0.15) is 0 Å². The van der Waals surface area contributed by atoms with E-state index in [-0.39, 0.29) is 32.7 Å². The van der Waals surface area contributed by atoms with Crippen LogP contribution in [0.2, 0.25) is 0 Å². The van der Waals surface area contributed by atoms with Crippen molar-refractivity contribution in [2.75, 3.05) is 26.9 Å². The Labute approximate surface area is 181 Å². The van der Waals surface area contributed by atoms with Crippen LogP contribution in [0, 0.1) is 5.41 Å². The number of carbonyl (C=O) groups is 3. The van der Waals surface area contributed by atoms with Gasteiger partial charge in [0.1, 0.15) is 6.61 Å². The first-order valence-corrected chi connectivity index (χ1v) is 10.1. The standard InChI is InChI=1S/C23H29NO7/c1-5-29-20(25)23(21(26)30-6-2,13-9-10-14-31-22(27)28-4)16-18-15-17-11-7-8-12-19(17)24(18)3/h7-12,15H,5-6,13-14,16H2,1-4H3/b10-9-. The van der Waals surface area contributed by atoms with Crippen LogP contribution < -0.4 is 0 Å². The van der Waals surface area contributed by atoms with Crippen molar-refractivity contribution in [3.63, 3.8) is 0 Å². The molecule has 8 heteroatoms. The summed E-state index contributed by atoms with van der Waals surface area (Å²) in [5.41, 5.74) is 0.207. The average molecular weight is 431 g/mol. The van der Waals surface area contributed by atoms with Gasteiger partial charge >= 0.3 is 18.1 Å². The molecule has 31 heavy (non-hydrogen) atoms. The third kappa shape index (κ3) is 5.65. The van der Waals surface area contributed by atoms with Crippen LogP contribution in [0.3, 0.4) is 0 Å². The van der Waals surface area contributed by atoms with Crippen LogP contribution in [0.4, 0.5) is 4.79 Å². The number of rotatable bonds is 10. The largest absolute Gasteiger partial charge is 0.508 e. The number of methoxy groups -OCH3 is 1. The molecule has 0 fully saturated rings. The smallest absolute Gasteiger partial charge is 0.465 e. The summed E-state index contributed by atoms with van der Waals surface area (Å²) in [6.45, 7) is 3.58. The molecule has 0 aliphatic carbocycles. The van der Waals surface area contributed by atoms with Gasteiger partial charge in [0.15, 0.2) is 5.41 Å². The fourth-order valence-corrected chi connectivity index (χ4v) is 3.36. The van der Waals surface area contributed by atoms with E-state index >= 15 is 0 Å². The van der Waals surface area contributed by atoms with Crippen molar-refractivity contribution in [1.29, 1.82) is 0 Å². The molecular formula is C23H29NO7. The molecule has 0 bridgehead atoms. The first kappa shape index (κ1) is 24.0. The Balaban J connectivity index is 2.41. The number of fused-ring (bicyclic) bond motifs is 1. The van der Waals surface area contributed by atoms with E-state index in [1.165, 1.54) is 7.11 Å². The zero-order valence-corrected chi connectivity index (χ0v) is 18.4. The zero-order valence-electron chi connectivity index (χ0n) is 18.4. The zero-order chi connectivity index (χ0) is 22.9. The number of hydrogen-bond acceptors (Lipinski definition) is 7. The van der Waals surface area contributed by atoms with Crippen LogP contribution in [0.15, 0.2) is 42.5 Å². The van der Waals surface area contributed by atoms with Crippen LogP contribution in [0.25, 0.3) is 10.9 Å². The molecule has 168 valence electrons. The molecule has 0 aliphatic rings. The maximum atomic E-state index is 13.1. The van der Waals surface area contributed by atoms with Crippen molar-refractivity contribution >= 4 is 29.0 Å². The topological polar surface area (TPSA) is 93.1 Å². The van der Waals surface area contributed by atoms with Crippen molar-refractivity contribution in [3.05, 3.63) is 48.2 Å². The summed E-state index contributed by atoms with van der Waals surface area (Å²) in [6.07, 6.45) is 2.46. The fourth-order valence-electron chi connectivity index (χ4n) is 3.36. The SMILES string of the molecule is CCOC(=O)C(C/C=C\COC(=O)OC)(Cc1cc2ccccc2n1C)C(=O)OCC. The Morgan fingerprint density at radius 2 is 1.65 bits per heavy atom. The van der Waals surface area contributed by atoms with Crippen molar-refractivity contribution in [2.24, 2.45) is 12.5 Å². The quantitative estimate of drug-likeness (QED) is 0.246. The van der Waals surface area contributed by atoms with Crippen LogP contribution in [0.1, 0.15) is 26.0 Å². The van der Waals surface area contributed by atoms with Crippen molar-refractivity contribution < 1.29 is 33.3 Å². The van der Waals surface area contributed by atoms with E-state index < -0.39 is 23.5 Å². The van der Waals surface area contributed by atoms with E-state index in [0.29, 0.717) is 0 Å². The maximum absolute atomic E-state index is 13.1. The summed E-state index contributed by atoms with van der Waals surface area (Å²) in [7, 11) is 3.10. The predicted molar refractivity (Wildman–Crippen MR) is 114 cm³/mol. The molecule has 1 heterocycles. The number of benzene rings is 1. The Morgan fingerprint density at radius 1 is 1.00 bits per heavy atom. The number of esters is 2. The van der Waals surface area contributed by atoms with Crippen molar-refractivity contribution in [3.8, 4) is 0 Å². The molecule has 1 aromatic carbocycles. The second-order valence-electron chi connectivity index (χ2n) is 6.89. The molecule has 8 nitrogen and oxygen atoms in total. The summed E-state index contributed by atoms with van der Waals surface area (Å²) < 4.78 is 21.7. The van der Waals surface area contributed by atoms with Crippen LogP contribution in [-0.4, -0.2) is 49.6 Å². The lowest BCUT2D eigenvalue weighted by molar-refractivity contribution is -0.172. The minimum Gasteiger partial charge on any atom is -0.465 e. The number of hydrogen-bond donors (Lipinski definition) is 0. The Kier molecular flexibility index (Phi) is 8.66. The molecule has 0 unspecified atom stereocenters. The first-order chi connectivity index (χ1) is 14.9. The first-order valence-electron chi connectivity index (χ1n) is 10.1. The van der Waals surface area contributed by atoms with Crippen molar-refractivity contribution in [2.45, 2.75) is 26.7 Å². The third-order valence-corrected chi connectivity index (χ3v) is 4.96. The van der Waals surface area contributed by atoms with Gasteiger partial charge in [0.2, 0.25) is 0 Å². The minimum atomic E-state index is -1.57. The number of nitrogens with zero attached hydrogens (tertiary/aromatic N) is 1. The predicted octanol–water partition coefficient (Wildman–Crippen LogP) is 3.56. The molecule has 0 amide bonds. The fraction of sp³-hybridized carbons (Fsp3) is 0.435. The number of carbonyl (C=O) groups excluding carboxylic acids is 3. The molecule has 0 aliphatic heterocycles. The lowest BCUT2D eigenvalue weighted by Crippen LogP contribution is -2.44. The molecular weight excluding hydrogens is 402 g/mol. The summed E-state index contributed by atoms with van der Waals surface area (Å²) in [5.74, 6) is -1.31. The van der Waals surface area contributed by atoms with Gasteiger partial charge in [-0.15, -0.1) is 0 Å². The molecule has 1 aromatic heterocycles. The number of para-hydroxylation sites is 1. The minimum absolute atomic E-state index is 0.0245. The van der Waals surface area contributed by atoms with Crippen LogP contribution >= 0.6 is 0 Å². The Hall–Kier alpha value is -3.29. The summed E-state index contributed by atoms with van der Waals surface area (Å²) in [5, 5.41) is 1.00. The average Bonchev–Trinajstić information content (AvgIpc) is 3.08. The molecule has 0 N–H and O–H groups in total. The third-order valence-electron chi connectivity index (χ3n) is 4.96. The highest BCUT2D eigenvalue weighted by Crippen LogP contribution is 2.33. The van der Waals surface area contributed by atoms with Crippen LogP contribution in [-0.2, 0) is 42.0 Å². The number of aromatic nitrogens is 1. The molecule has 0 saturated carbocycles. The molecule has 0 atom stereocenters. The van der Waals surface area contributed by atoms with E-state index in [9.17, 15) is 14.4 Å². The normalized spacial score (nSPS) is 11.5. The van der Waals surface area contributed by atoms with E-state index in [0.717, 1.165) is 16.6 Å². The van der Waals surface area contributed by atoms with Gasteiger partial charge < -0.3 is 23.5 Å². The maximum Gasteiger partial charge on any atom is 0.508 e. The number of aryl methyl sites for hydroxylation is 1. The number of allylic oxidation sites excluding steroid dienone is 1. The summed E-state index contributed by atoms with van der Waals surface area (Å²) in [6, 6.07) is 9.76. The lowest BCUT2D eigenvalue weighted by atomic mass is 9.79. The second kappa shape index (κ2) is 11.2. The highest BCUT2D eigenvalue weighted by atomic mass is 16.7. The van der Waals surface area contributed by atoms with Gasteiger partial charge in [-0.1, -0.05) is 30.4 Å². The number of ether oxygens (including phenoxy) is 4. The molecule has 0 spiro atoms. The molecule has 2 rings (SSSR count). The van der Waals surface area contributed by atoms with Crippen LogP contribution in [0.5, 0.6) is 0 Å². The summed E-state index contributed by atoms with van der Waals surface area (Å²) >= 11 is 0. The van der Waals surface area contributed by atoms with E-state index in [1.54, 1.807) is 26.0 Å². The van der Waals surface area contributed by atoms with Gasteiger partial charge in [-0.25, -0.2) is 4.79 Å². The highest BCUT2D eigenvalue weighted by molar-refractivity contribution is 6.00. The molecule has 0 radical (unpaired) electrons. The van der Waals surface area contributed by atoms with E-state index in [4.69, 9.17) is 14.2 Å². The van der Waals surface area contributed by atoms with Gasteiger partial charge in [0, 0.05) is 24.7 Å². The lowest BCUT2D eigenvalue weighted by Gasteiger charge is -2.28. The second-order valence-corrected chi connectivity index (χ2v) is 6.89. The van der Waals surface area contributed by atoms with Gasteiger partial charge in [0.05, 0.1) is 20.3 Å². The Bertz CT molecular complexity index is 927. The Morgan fingerprint density at radius 3 is 2.23 bits per heavy atom. The van der Waals surface area contributed by atoms with Crippen molar-refractivity contribution in [1.82, 2.24) is 4.57 Å². The van der Waals surface area contributed by atoms with E-state index in [1.807, 2.05) is 41.9 Å². The molecule has 0 saturated heterocycles. The van der Waals surface area contributed by atoms with Gasteiger partial charge in [-0.05, 0) is 37.8 Å². The molecule has 2 aromatic rings. The van der Waals surface area contributed by atoms with Gasteiger partial charge in [-0.3, -0.25) is 9.59 Å². The monoisotopic (exact) mass is 431 g/mol. The highest BCUT2D eigenvalue weighted by Gasteiger charge is 2.48.